The predicted molar refractivity (Wildman–Crippen MR) is 195 cm³/mol. The minimum Gasteiger partial charge on any atom is -0.495 e. The molecular weight excluding hydrogens is 705 g/mol. The van der Waals surface area contributed by atoms with Crippen molar-refractivity contribution in [2.75, 3.05) is 18.0 Å². The lowest BCUT2D eigenvalue weighted by molar-refractivity contribution is -0.140. The van der Waals surface area contributed by atoms with Gasteiger partial charge in [-0.3, -0.25) is 13.9 Å². The van der Waals surface area contributed by atoms with E-state index in [0.29, 0.717) is 10.6 Å². The van der Waals surface area contributed by atoms with Crippen LogP contribution in [-0.2, 0) is 32.6 Å². The van der Waals surface area contributed by atoms with Gasteiger partial charge < -0.3 is 15.0 Å². The van der Waals surface area contributed by atoms with Crippen LogP contribution in [0.4, 0.5) is 5.69 Å². The van der Waals surface area contributed by atoms with Crippen LogP contribution in [0.1, 0.15) is 42.4 Å². The summed E-state index contributed by atoms with van der Waals surface area (Å²) in [5.74, 6) is -0.743. The minimum absolute atomic E-state index is 0.0122. The van der Waals surface area contributed by atoms with Gasteiger partial charge in [0, 0.05) is 24.0 Å². The van der Waals surface area contributed by atoms with Crippen molar-refractivity contribution in [1.29, 1.82) is 0 Å². The number of carbonyl (C=O) groups excluding carboxylic acids is 2. The summed E-state index contributed by atoms with van der Waals surface area (Å²) in [6, 6.07) is 24.3. The lowest BCUT2D eigenvalue weighted by Crippen LogP contribution is -2.54. The van der Waals surface area contributed by atoms with Crippen LogP contribution >= 0.6 is 34.8 Å². The van der Waals surface area contributed by atoms with Crippen LogP contribution in [0.3, 0.4) is 0 Å². The number of ether oxygens (including phenoxy) is 1. The molecule has 1 saturated carbocycles. The molecular formula is C37H38Cl3N3O5S. The average Bonchev–Trinajstić information content (AvgIpc) is 3.60. The maximum absolute atomic E-state index is 14.8. The quantitative estimate of drug-likeness (QED) is 0.151. The molecule has 49 heavy (non-hydrogen) atoms. The Morgan fingerprint density at radius 2 is 1.57 bits per heavy atom. The van der Waals surface area contributed by atoms with Crippen LogP contribution in [0.15, 0.2) is 95.9 Å². The molecule has 1 atom stereocenters. The number of nitrogens with zero attached hydrogens (tertiary/aromatic N) is 2. The Balaban J connectivity index is 1.61. The van der Waals surface area contributed by atoms with Gasteiger partial charge >= 0.3 is 0 Å². The van der Waals surface area contributed by atoms with E-state index in [0.717, 1.165) is 41.1 Å². The molecule has 0 bridgehead atoms. The summed E-state index contributed by atoms with van der Waals surface area (Å²) >= 11 is 19.0. The summed E-state index contributed by atoms with van der Waals surface area (Å²) in [7, 11) is -2.94. The molecule has 0 radical (unpaired) electrons. The van der Waals surface area contributed by atoms with Gasteiger partial charge in [0.25, 0.3) is 10.0 Å². The van der Waals surface area contributed by atoms with Gasteiger partial charge in [0.1, 0.15) is 18.3 Å². The van der Waals surface area contributed by atoms with E-state index in [9.17, 15) is 18.0 Å². The van der Waals surface area contributed by atoms with Crippen molar-refractivity contribution in [1.82, 2.24) is 10.2 Å². The Labute approximate surface area is 303 Å². The Morgan fingerprint density at radius 1 is 0.878 bits per heavy atom. The van der Waals surface area contributed by atoms with Gasteiger partial charge in [-0.2, -0.15) is 0 Å². The van der Waals surface area contributed by atoms with Crippen molar-refractivity contribution in [3.05, 3.63) is 123 Å². The van der Waals surface area contributed by atoms with Crippen LogP contribution in [0.5, 0.6) is 5.75 Å². The first-order valence-corrected chi connectivity index (χ1v) is 18.5. The molecule has 1 fully saturated rings. The van der Waals surface area contributed by atoms with Crippen LogP contribution in [0.2, 0.25) is 15.1 Å². The van der Waals surface area contributed by atoms with Crippen LogP contribution in [0, 0.1) is 6.92 Å². The zero-order chi connectivity index (χ0) is 35.1. The maximum atomic E-state index is 14.8. The number of anilines is 1. The smallest absolute Gasteiger partial charge is 0.264 e. The number of amides is 2. The van der Waals surface area contributed by atoms with Gasteiger partial charge in [-0.1, -0.05) is 102 Å². The number of carbonyl (C=O) groups is 2. The molecule has 2 amide bonds. The van der Waals surface area contributed by atoms with Crippen molar-refractivity contribution >= 4 is 62.3 Å². The third-order valence-corrected chi connectivity index (χ3v) is 11.4. The number of hydrogen-bond acceptors (Lipinski definition) is 5. The molecule has 5 rings (SSSR count). The molecule has 4 aromatic rings. The van der Waals surface area contributed by atoms with Gasteiger partial charge in [0.15, 0.2) is 0 Å². The van der Waals surface area contributed by atoms with E-state index in [4.69, 9.17) is 39.5 Å². The second-order valence-corrected chi connectivity index (χ2v) is 15.2. The Morgan fingerprint density at radius 3 is 2.22 bits per heavy atom. The monoisotopic (exact) mass is 741 g/mol. The third-order valence-electron chi connectivity index (χ3n) is 8.61. The summed E-state index contributed by atoms with van der Waals surface area (Å²) < 4.78 is 35.3. The van der Waals surface area contributed by atoms with Crippen LogP contribution in [-0.4, -0.2) is 50.9 Å². The molecule has 258 valence electrons. The van der Waals surface area contributed by atoms with Gasteiger partial charge in [0.2, 0.25) is 11.8 Å². The second-order valence-electron chi connectivity index (χ2n) is 12.1. The number of nitrogens with one attached hydrogen (secondary N) is 1. The Bertz CT molecular complexity index is 1890. The summed E-state index contributed by atoms with van der Waals surface area (Å²) in [5.41, 5.74) is 2.39. The topological polar surface area (TPSA) is 96.0 Å². The number of methoxy groups -OCH3 is 1. The summed E-state index contributed by atoms with van der Waals surface area (Å²) in [6.07, 6.45) is 3.90. The number of sulfonamides is 1. The molecule has 4 aromatic carbocycles. The number of rotatable bonds is 13. The fraction of sp³-hybridized carbons (Fsp3) is 0.297. The van der Waals surface area contributed by atoms with Crippen molar-refractivity contribution in [2.45, 2.75) is 62.6 Å². The van der Waals surface area contributed by atoms with Crippen molar-refractivity contribution in [2.24, 2.45) is 0 Å². The predicted octanol–water partition coefficient (Wildman–Crippen LogP) is 7.86. The first-order chi connectivity index (χ1) is 23.5. The highest BCUT2D eigenvalue weighted by atomic mass is 35.5. The highest BCUT2D eigenvalue weighted by Crippen LogP contribution is 2.35. The van der Waals surface area contributed by atoms with Crippen LogP contribution < -0.4 is 14.4 Å². The van der Waals surface area contributed by atoms with E-state index in [1.807, 2.05) is 37.3 Å². The normalized spacial score (nSPS) is 13.9. The summed E-state index contributed by atoms with van der Waals surface area (Å²) in [4.78, 5) is 30.4. The first-order valence-electron chi connectivity index (χ1n) is 16.0. The molecule has 1 N–H and O–H groups in total. The second kappa shape index (κ2) is 16.3. The summed E-state index contributed by atoms with van der Waals surface area (Å²) in [5, 5.41) is 4.04. The molecule has 8 nitrogen and oxygen atoms in total. The Kier molecular flexibility index (Phi) is 12.1. The maximum Gasteiger partial charge on any atom is 0.264 e. The Hall–Kier alpha value is -3.76. The van der Waals surface area contributed by atoms with Gasteiger partial charge in [-0.25, -0.2) is 8.42 Å². The van der Waals surface area contributed by atoms with E-state index >= 15 is 0 Å². The van der Waals surface area contributed by atoms with E-state index < -0.39 is 28.5 Å². The fourth-order valence-electron chi connectivity index (χ4n) is 5.96. The highest BCUT2D eigenvalue weighted by Gasteiger charge is 2.36. The number of halogens is 3. The van der Waals surface area contributed by atoms with Crippen molar-refractivity contribution in [3.63, 3.8) is 0 Å². The average molecular weight is 743 g/mol. The largest absolute Gasteiger partial charge is 0.495 e. The SMILES string of the molecule is COc1ccc(Cl)cc1N(CC(=O)N(Cc1ccc(Cl)c(Cl)c1)[C@H](Cc1ccccc1)C(=O)NC1CCCC1)S(=O)(=O)c1ccc(C)cc1. The highest BCUT2D eigenvalue weighted by molar-refractivity contribution is 7.92. The molecule has 0 unspecified atom stereocenters. The first kappa shape index (κ1) is 36.5. The molecule has 12 heteroatoms. The van der Waals surface area contributed by atoms with E-state index in [2.05, 4.69) is 5.32 Å². The lowest BCUT2D eigenvalue weighted by atomic mass is 10.0. The molecule has 0 heterocycles. The number of aryl methyl sites for hydroxylation is 1. The number of hydrogen-bond donors (Lipinski definition) is 1. The fourth-order valence-corrected chi connectivity index (χ4v) is 7.87. The van der Waals surface area contributed by atoms with Crippen LogP contribution in [0.25, 0.3) is 0 Å². The lowest BCUT2D eigenvalue weighted by Gasteiger charge is -2.34. The zero-order valence-corrected chi connectivity index (χ0v) is 30.3. The van der Waals surface area contributed by atoms with Crippen molar-refractivity contribution < 1.29 is 22.7 Å². The van der Waals surface area contributed by atoms with Gasteiger partial charge in [-0.15, -0.1) is 0 Å². The third kappa shape index (κ3) is 9.08. The van der Waals surface area contributed by atoms with Gasteiger partial charge in [-0.05, 0) is 73.4 Å². The molecule has 1 aliphatic rings. The molecule has 1 aliphatic carbocycles. The van der Waals surface area contributed by atoms with E-state index in [1.165, 1.54) is 30.2 Å². The molecule has 0 aromatic heterocycles. The summed E-state index contributed by atoms with van der Waals surface area (Å²) in [6.45, 7) is 1.15. The zero-order valence-electron chi connectivity index (χ0n) is 27.2. The minimum atomic E-state index is -4.35. The molecule has 0 aliphatic heterocycles. The van der Waals surface area contributed by atoms with Gasteiger partial charge in [0.05, 0.1) is 27.7 Å². The molecule has 0 saturated heterocycles. The van der Waals surface area contributed by atoms with E-state index in [-0.39, 0.29) is 51.3 Å². The van der Waals surface area contributed by atoms with E-state index in [1.54, 1.807) is 42.5 Å². The standard InChI is InChI=1S/C37H38Cl3N3O5S/c1-25-12-16-30(17-13-25)49(46,47)43(33-22-28(38)15-19-35(33)48-2)24-36(44)42(23-27-14-18-31(39)32(40)20-27)34(21-26-8-4-3-5-9-26)37(45)41-29-10-6-7-11-29/h3-5,8-9,12-20,22,29,34H,6-7,10-11,21,23-24H2,1-2H3,(H,41,45)/t34-/m1/s1. The number of benzene rings is 4. The van der Waals surface area contributed by atoms with Crippen molar-refractivity contribution in [3.8, 4) is 5.75 Å². The molecule has 0 spiro atoms.